The van der Waals surface area contributed by atoms with E-state index in [0.29, 0.717) is 52.2 Å². The van der Waals surface area contributed by atoms with Crippen molar-refractivity contribution in [1.82, 2.24) is 10.3 Å². The van der Waals surface area contributed by atoms with Crippen molar-refractivity contribution >= 4 is 97.0 Å². The number of fused-ring (bicyclic) bond motifs is 6. The first-order valence-corrected chi connectivity index (χ1v) is 28.1. The van der Waals surface area contributed by atoms with E-state index in [9.17, 15) is 52.1 Å². The molecule has 1 amide bonds. The fourth-order valence-corrected chi connectivity index (χ4v) is 12.3. The summed E-state index contributed by atoms with van der Waals surface area (Å²) in [6.45, 7) is 14.7. The van der Waals surface area contributed by atoms with E-state index in [0.717, 1.165) is 39.7 Å². The summed E-state index contributed by atoms with van der Waals surface area (Å²) in [7, 11) is -17.2. The van der Waals surface area contributed by atoms with Gasteiger partial charge in [0, 0.05) is 70.4 Å². The van der Waals surface area contributed by atoms with Crippen molar-refractivity contribution in [2.45, 2.75) is 80.5 Å². The minimum absolute atomic E-state index is 0.0570. The van der Waals surface area contributed by atoms with Crippen LogP contribution in [0.5, 0.6) is 0 Å². The Bertz CT molecular complexity index is 3830. The van der Waals surface area contributed by atoms with Gasteiger partial charge in [-0.25, -0.2) is 8.42 Å². The number of benzene rings is 5. The molecule has 3 heterocycles. The van der Waals surface area contributed by atoms with Crippen molar-refractivity contribution in [3.05, 3.63) is 155 Å². The summed E-state index contributed by atoms with van der Waals surface area (Å²) in [5, 5.41) is 4.62. The van der Waals surface area contributed by atoms with Crippen LogP contribution in [0.4, 0.5) is 17.1 Å². The fraction of sp³-hybridized carbons (Fsp3) is 0.235. The maximum absolute atomic E-state index is 13.4. The largest absolute Gasteiger partial charge is 0.348 e. The minimum atomic E-state index is -4.96. The number of aromatic nitrogens is 1. The van der Waals surface area contributed by atoms with E-state index in [2.05, 4.69) is 14.6 Å². The molecule has 0 saturated heterocycles. The Labute approximate surface area is 419 Å². The highest BCUT2D eigenvalue weighted by molar-refractivity contribution is 7.87. The molecule has 0 atom stereocenters. The summed E-state index contributed by atoms with van der Waals surface area (Å²) in [6, 6.07) is 21.9. The van der Waals surface area contributed by atoms with E-state index in [1.54, 1.807) is 49.4 Å². The Morgan fingerprint density at radius 3 is 1.99 bits per heavy atom. The third-order valence-electron chi connectivity index (χ3n) is 13.3. The van der Waals surface area contributed by atoms with Gasteiger partial charge in [0.1, 0.15) is 11.4 Å². The summed E-state index contributed by atoms with van der Waals surface area (Å²) >= 11 is 0. The van der Waals surface area contributed by atoms with Gasteiger partial charge in [-0.15, -0.1) is 0 Å². The number of carbonyl (C=O) groups excluding carboxylic acids is 1. The summed E-state index contributed by atoms with van der Waals surface area (Å²) in [5.41, 5.74) is 5.94. The van der Waals surface area contributed by atoms with Crippen LogP contribution >= 0.6 is 0 Å². The number of nitrogens with one attached hydrogen (secondary N) is 2. The standard InChI is InChI=1S/C51H51N5O12S4/c1-8-55-42-20-17-37-30(3)24-35(70(60,61)62)25-39(37)47(42)50(4,5)45(55)22-13-32(41-19-12-33(29-52-41)49(57)53-28-31-10-15-34(16-11-31)54-69(58)59)14-23-46-51(6,7)48-40-26-36(71(63,64)65)27-44(72(66,67)68)38(40)18-21-43(48)56(46)9-2/h10-27,29,69H,8-9,28H2,1-7H3,(H4-,53,54,57,58,59,60,61,62,63,64,65,66,67,68)/p+1. The SMILES string of the molecule is CCN1/C(=C/C=C(/C=C/C2=[N+](CC)c3ccc4c(C)cc(S(=O)(=O)O)cc4c3C2(C)C)c2ccc(C(=O)NCc3ccc(N[SH](=O)=O)cc3)cn2)C(C)(C)c2c1ccc1c(S(=O)(=O)O)cc(S(=O)(=O)O)cc21. The van der Waals surface area contributed by atoms with Crippen molar-refractivity contribution in [2.24, 2.45) is 0 Å². The molecule has 1 aromatic heterocycles. The number of nitrogens with zero attached hydrogens (tertiary/aromatic N) is 3. The zero-order chi connectivity index (χ0) is 52.5. The van der Waals surface area contributed by atoms with E-state index in [-0.39, 0.29) is 27.8 Å². The topological polar surface area (TPSA) is 258 Å². The Morgan fingerprint density at radius 1 is 0.764 bits per heavy atom. The van der Waals surface area contributed by atoms with Crippen LogP contribution in [-0.2, 0) is 58.6 Å². The van der Waals surface area contributed by atoms with Gasteiger partial charge in [0.2, 0.25) is 16.6 Å². The number of hydrogen-bond donors (Lipinski definition) is 6. The molecule has 376 valence electrons. The molecule has 0 fully saturated rings. The normalized spacial score (nSPS) is 16.3. The monoisotopic (exact) mass is 1050 g/mol. The van der Waals surface area contributed by atoms with Crippen LogP contribution in [0.1, 0.15) is 79.8 Å². The Morgan fingerprint density at radius 2 is 1.40 bits per heavy atom. The third kappa shape index (κ3) is 9.60. The number of allylic oxidation sites excluding steroid dienone is 6. The van der Waals surface area contributed by atoms with E-state index in [1.165, 1.54) is 30.5 Å². The van der Waals surface area contributed by atoms with Crippen LogP contribution in [0.3, 0.4) is 0 Å². The molecule has 17 nitrogen and oxygen atoms in total. The minimum Gasteiger partial charge on any atom is -0.348 e. The molecule has 2 aliphatic rings. The average Bonchev–Trinajstić information content (AvgIpc) is 3.67. The lowest BCUT2D eigenvalue weighted by Crippen LogP contribution is -2.27. The molecule has 8 rings (SSSR count). The summed E-state index contributed by atoms with van der Waals surface area (Å²) in [5.74, 6) is -0.410. The Kier molecular flexibility index (Phi) is 13.5. The van der Waals surface area contributed by atoms with E-state index in [4.69, 9.17) is 4.98 Å². The Balaban J connectivity index is 1.24. The van der Waals surface area contributed by atoms with E-state index < -0.39 is 67.8 Å². The van der Waals surface area contributed by atoms with Gasteiger partial charge in [0.25, 0.3) is 36.3 Å². The van der Waals surface area contributed by atoms with E-state index in [1.807, 2.05) is 82.9 Å². The maximum Gasteiger partial charge on any atom is 0.295 e. The third-order valence-corrected chi connectivity index (χ3v) is 16.3. The predicted molar refractivity (Wildman–Crippen MR) is 278 cm³/mol. The molecular weight excluding hydrogens is 1000 g/mol. The van der Waals surface area contributed by atoms with Gasteiger partial charge in [-0.1, -0.05) is 38.1 Å². The number of likely N-dealkylation sites (N-methyl/N-ethyl adjacent to an activating group) is 1. The molecule has 5 N–H and O–H groups in total. The lowest BCUT2D eigenvalue weighted by molar-refractivity contribution is -0.433. The summed E-state index contributed by atoms with van der Waals surface area (Å²) in [6.07, 6.45) is 9.03. The van der Waals surface area contributed by atoms with Gasteiger partial charge < -0.3 is 10.2 Å². The van der Waals surface area contributed by atoms with E-state index >= 15 is 0 Å². The molecular formula is C51H52N5O12S4+. The number of pyridine rings is 1. The fourth-order valence-electron chi connectivity index (χ4n) is 10.0. The van der Waals surface area contributed by atoms with Gasteiger partial charge in [0.05, 0.1) is 26.5 Å². The number of thiol groups is 1. The molecule has 0 aliphatic carbocycles. The average molecular weight is 1060 g/mol. The second-order valence-electron chi connectivity index (χ2n) is 18.5. The highest BCUT2D eigenvalue weighted by Gasteiger charge is 2.46. The van der Waals surface area contributed by atoms with Crippen molar-refractivity contribution in [3.63, 3.8) is 0 Å². The van der Waals surface area contributed by atoms with Crippen LogP contribution in [0, 0.1) is 6.92 Å². The first-order valence-electron chi connectivity index (χ1n) is 22.6. The van der Waals surface area contributed by atoms with Crippen LogP contribution in [0.15, 0.2) is 136 Å². The van der Waals surface area contributed by atoms with Crippen molar-refractivity contribution in [1.29, 1.82) is 0 Å². The number of amides is 1. The lowest BCUT2D eigenvalue weighted by atomic mass is 9.78. The molecule has 6 aromatic rings. The molecule has 0 bridgehead atoms. The van der Waals surface area contributed by atoms with Crippen LogP contribution in [0.2, 0.25) is 0 Å². The molecule has 0 saturated carbocycles. The van der Waals surface area contributed by atoms with Gasteiger partial charge in [-0.2, -0.15) is 29.8 Å². The molecule has 0 unspecified atom stereocenters. The second-order valence-corrected chi connectivity index (χ2v) is 23.5. The summed E-state index contributed by atoms with van der Waals surface area (Å²) in [4.78, 5) is 18.6. The van der Waals surface area contributed by atoms with Crippen molar-refractivity contribution in [3.8, 4) is 0 Å². The van der Waals surface area contributed by atoms with Crippen molar-refractivity contribution < 1.29 is 56.7 Å². The summed E-state index contributed by atoms with van der Waals surface area (Å²) < 4.78 is 132. The zero-order valence-corrected chi connectivity index (χ0v) is 43.5. The van der Waals surface area contributed by atoms with Gasteiger partial charge in [-0.05, 0) is 140 Å². The van der Waals surface area contributed by atoms with Gasteiger partial charge in [0.15, 0.2) is 5.71 Å². The number of aryl methyl sites for hydroxylation is 1. The van der Waals surface area contributed by atoms with Crippen LogP contribution < -0.4 is 14.9 Å². The van der Waals surface area contributed by atoms with Crippen molar-refractivity contribution in [2.75, 3.05) is 22.7 Å². The smallest absolute Gasteiger partial charge is 0.295 e. The highest BCUT2D eigenvalue weighted by Crippen LogP contribution is 2.52. The molecule has 2 aliphatic heterocycles. The Hall–Kier alpha value is -6.59. The number of hydrogen-bond acceptors (Lipinski definition) is 11. The zero-order valence-electron chi connectivity index (χ0n) is 40.1. The quantitative estimate of drug-likeness (QED) is 0.0261. The predicted octanol–water partition coefficient (Wildman–Crippen LogP) is 8.04. The number of anilines is 2. The molecule has 72 heavy (non-hydrogen) atoms. The first-order chi connectivity index (χ1) is 33.7. The molecule has 0 spiro atoms. The van der Waals surface area contributed by atoms with Crippen LogP contribution in [0.25, 0.3) is 27.1 Å². The van der Waals surface area contributed by atoms with Gasteiger partial charge >= 0.3 is 0 Å². The molecule has 21 heteroatoms. The van der Waals surface area contributed by atoms with Gasteiger partial charge in [-0.3, -0.25) is 28.2 Å². The highest BCUT2D eigenvalue weighted by atomic mass is 32.2. The lowest BCUT2D eigenvalue weighted by Gasteiger charge is -2.26. The number of carbonyl (C=O) groups is 1. The number of rotatable bonds is 14. The maximum atomic E-state index is 13.4. The first kappa shape index (κ1) is 51.8. The van der Waals surface area contributed by atoms with Crippen LogP contribution in [-0.4, -0.2) is 81.6 Å². The molecule has 0 radical (unpaired) electrons. The molecule has 5 aromatic carbocycles. The second kappa shape index (κ2) is 18.8.